The lowest BCUT2D eigenvalue weighted by Gasteiger charge is -2.27. The van der Waals surface area contributed by atoms with Crippen molar-refractivity contribution in [3.63, 3.8) is 0 Å². The predicted molar refractivity (Wildman–Crippen MR) is 52.7 cm³/mol. The van der Waals surface area contributed by atoms with E-state index >= 15 is 0 Å². The van der Waals surface area contributed by atoms with Gasteiger partial charge in [0.25, 0.3) is 0 Å². The lowest BCUT2D eigenvalue weighted by atomic mass is 9.83. The summed E-state index contributed by atoms with van der Waals surface area (Å²) in [4.78, 5) is 0. The molecule has 0 aliphatic heterocycles. The highest BCUT2D eigenvalue weighted by Crippen LogP contribution is 2.31. The summed E-state index contributed by atoms with van der Waals surface area (Å²) in [5.74, 6) is -3.87. The van der Waals surface area contributed by atoms with E-state index in [1.165, 1.54) is 0 Å². The first-order valence-electron chi connectivity index (χ1n) is 4.63. The van der Waals surface area contributed by atoms with Crippen LogP contribution in [0.5, 0.6) is 0 Å². The molecule has 1 rings (SSSR count). The third-order valence-corrected chi connectivity index (χ3v) is 2.30. The molecule has 1 nitrogen and oxygen atoms in total. The van der Waals surface area contributed by atoms with Crippen molar-refractivity contribution in [2.45, 2.75) is 26.8 Å². The first kappa shape index (κ1) is 12.0. The van der Waals surface area contributed by atoms with E-state index in [1.807, 2.05) is 20.8 Å². The Bertz CT molecular complexity index is 346. The van der Waals surface area contributed by atoms with E-state index in [9.17, 15) is 13.2 Å². The SMILES string of the molecule is CC(C)(C)C(N)c1cc(F)c(F)c(F)c1. The number of benzene rings is 1. The van der Waals surface area contributed by atoms with Crippen LogP contribution in [0.1, 0.15) is 32.4 Å². The Morgan fingerprint density at radius 1 is 1.07 bits per heavy atom. The highest BCUT2D eigenvalue weighted by atomic mass is 19.2. The zero-order valence-corrected chi connectivity index (χ0v) is 8.94. The molecule has 84 valence electrons. The molecule has 1 aromatic rings. The number of rotatable bonds is 1. The van der Waals surface area contributed by atoms with Gasteiger partial charge in [-0.2, -0.15) is 0 Å². The summed E-state index contributed by atoms with van der Waals surface area (Å²) < 4.78 is 38.5. The summed E-state index contributed by atoms with van der Waals surface area (Å²) in [6.07, 6.45) is 0. The van der Waals surface area contributed by atoms with Crippen molar-refractivity contribution in [3.05, 3.63) is 35.1 Å². The minimum absolute atomic E-state index is 0.263. The molecule has 0 amide bonds. The fourth-order valence-corrected chi connectivity index (χ4v) is 1.25. The van der Waals surface area contributed by atoms with Gasteiger partial charge in [-0.3, -0.25) is 0 Å². The number of hydrogen-bond acceptors (Lipinski definition) is 1. The molecule has 4 heteroatoms. The van der Waals surface area contributed by atoms with Crippen molar-refractivity contribution in [2.24, 2.45) is 11.1 Å². The molecule has 0 saturated carbocycles. The quantitative estimate of drug-likeness (QED) is 0.718. The molecule has 0 bridgehead atoms. The molecule has 2 N–H and O–H groups in total. The van der Waals surface area contributed by atoms with Crippen molar-refractivity contribution >= 4 is 0 Å². The third kappa shape index (κ3) is 2.50. The van der Waals surface area contributed by atoms with Gasteiger partial charge in [-0.25, -0.2) is 13.2 Å². The Kier molecular flexibility index (Phi) is 3.09. The van der Waals surface area contributed by atoms with Crippen molar-refractivity contribution in [3.8, 4) is 0 Å². The summed E-state index contributed by atoms with van der Waals surface area (Å²) in [5, 5.41) is 0. The second-order valence-corrected chi connectivity index (χ2v) is 4.64. The summed E-state index contributed by atoms with van der Waals surface area (Å²) in [6.45, 7) is 5.53. The Hall–Kier alpha value is -1.03. The molecule has 0 saturated heterocycles. The smallest absolute Gasteiger partial charge is 0.194 e. The van der Waals surface area contributed by atoms with Gasteiger partial charge in [0.1, 0.15) is 0 Å². The van der Waals surface area contributed by atoms with Gasteiger partial charge in [-0.1, -0.05) is 20.8 Å². The standard InChI is InChI=1S/C11H14F3N/c1-11(2,3)10(15)6-4-7(12)9(14)8(13)5-6/h4-5,10H,15H2,1-3H3. The summed E-state index contributed by atoms with van der Waals surface area (Å²) >= 11 is 0. The molecule has 0 radical (unpaired) electrons. The minimum atomic E-state index is -1.46. The van der Waals surface area contributed by atoms with Crippen molar-refractivity contribution in [1.82, 2.24) is 0 Å². The number of halogens is 3. The van der Waals surface area contributed by atoms with Gasteiger partial charge in [0.15, 0.2) is 17.5 Å². The molecular weight excluding hydrogens is 203 g/mol. The maximum absolute atomic E-state index is 12.9. The maximum atomic E-state index is 12.9. The van der Waals surface area contributed by atoms with Gasteiger partial charge in [0.2, 0.25) is 0 Å². The number of nitrogens with two attached hydrogens (primary N) is 1. The minimum Gasteiger partial charge on any atom is -0.324 e. The molecule has 1 aromatic carbocycles. The highest BCUT2D eigenvalue weighted by molar-refractivity contribution is 5.23. The summed E-state index contributed by atoms with van der Waals surface area (Å²) in [7, 11) is 0. The fourth-order valence-electron chi connectivity index (χ4n) is 1.25. The van der Waals surface area contributed by atoms with E-state index in [0.29, 0.717) is 0 Å². The van der Waals surface area contributed by atoms with Crippen LogP contribution in [-0.2, 0) is 0 Å². The Balaban J connectivity index is 3.17. The van der Waals surface area contributed by atoms with Crippen LogP contribution in [0.15, 0.2) is 12.1 Å². The largest absolute Gasteiger partial charge is 0.324 e. The molecule has 1 atom stereocenters. The van der Waals surface area contributed by atoms with Crippen LogP contribution in [0.3, 0.4) is 0 Å². The average Bonchev–Trinajstić information content (AvgIpc) is 2.10. The maximum Gasteiger partial charge on any atom is 0.194 e. The van der Waals surface area contributed by atoms with Crippen LogP contribution in [0.2, 0.25) is 0 Å². The average molecular weight is 217 g/mol. The second-order valence-electron chi connectivity index (χ2n) is 4.64. The van der Waals surface area contributed by atoms with Gasteiger partial charge >= 0.3 is 0 Å². The normalized spacial score (nSPS) is 14.1. The molecule has 0 aliphatic carbocycles. The van der Waals surface area contributed by atoms with Crippen molar-refractivity contribution in [2.75, 3.05) is 0 Å². The van der Waals surface area contributed by atoms with Crippen LogP contribution in [-0.4, -0.2) is 0 Å². The van der Waals surface area contributed by atoms with E-state index in [-0.39, 0.29) is 11.0 Å². The van der Waals surface area contributed by atoms with E-state index < -0.39 is 23.5 Å². The Labute approximate surface area is 87.1 Å². The molecule has 0 heterocycles. The van der Waals surface area contributed by atoms with Crippen LogP contribution in [0, 0.1) is 22.9 Å². The van der Waals surface area contributed by atoms with Gasteiger partial charge in [0.05, 0.1) is 0 Å². The molecule has 0 spiro atoms. The van der Waals surface area contributed by atoms with Gasteiger partial charge < -0.3 is 5.73 Å². The highest BCUT2D eigenvalue weighted by Gasteiger charge is 2.24. The van der Waals surface area contributed by atoms with Crippen LogP contribution >= 0.6 is 0 Å². The van der Waals surface area contributed by atoms with Gasteiger partial charge in [-0.05, 0) is 23.1 Å². The zero-order valence-electron chi connectivity index (χ0n) is 8.94. The molecule has 0 aromatic heterocycles. The lowest BCUT2D eigenvalue weighted by Crippen LogP contribution is -2.26. The molecule has 1 unspecified atom stereocenters. The van der Waals surface area contributed by atoms with E-state index in [2.05, 4.69) is 0 Å². The predicted octanol–water partition coefficient (Wildman–Crippen LogP) is 3.15. The molecule has 0 aliphatic rings. The second kappa shape index (κ2) is 3.85. The van der Waals surface area contributed by atoms with Crippen LogP contribution < -0.4 is 5.73 Å². The lowest BCUT2D eigenvalue weighted by molar-refractivity contribution is 0.323. The summed E-state index contributed by atoms with van der Waals surface area (Å²) in [6, 6.07) is 1.34. The van der Waals surface area contributed by atoms with Crippen molar-refractivity contribution in [1.29, 1.82) is 0 Å². The third-order valence-electron chi connectivity index (χ3n) is 2.30. The Morgan fingerprint density at radius 3 is 1.80 bits per heavy atom. The number of hydrogen-bond donors (Lipinski definition) is 1. The van der Waals surface area contributed by atoms with Crippen LogP contribution in [0.4, 0.5) is 13.2 Å². The van der Waals surface area contributed by atoms with Crippen molar-refractivity contribution < 1.29 is 13.2 Å². The topological polar surface area (TPSA) is 26.0 Å². The molecule has 0 fully saturated rings. The van der Waals surface area contributed by atoms with Crippen LogP contribution in [0.25, 0.3) is 0 Å². The zero-order chi connectivity index (χ0) is 11.8. The van der Waals surface area contributed by atoms with Gasteiger partial charge in [-0.15, -0.1) is 0 Å². The summed E-state index contributed by atoms with van der Waals surface area (Å²) in [5.41, 5.74) is 5.73. The van der Waals surface area contributed by atoms with E-state index in [0.717, 1.165) is 12.1 Å². The fraction of sp³-hybridized carbons (Fsp3) is 0.455. The van der Waals surface area contributed by atoms with E-state index in [1.54, 1.807) is 0 Å². The van der Waals surface area contributed by atoms with E-state index in [4.69, 9.17) is 5.73 Å². The first-order chi connectivity index (χ1) is 6.73. The first-order valence-corrected chi connectivity index (χ1v) is 4.63. The molecular formula is C11H14F3N. The van der Waals surface area contributed by atoms with Gasteiger partial charge in [0, 0.05) is 6.04 Å². The molecule has 15 heavy (non-hydrogen) atoms. The monoisotopic (exact) mass is 217 g/mol. The Morgan fingerprint density at radius 2 is 1.47 bits per heavy atom.